The first-order chi connectivity index (χ1) is 13.0. The largest absolute Gasteiger partial charge is 0.458 e. The Morgan fingerprint density at radius 2 is 2.11 bits per heavy atom. The van der Waals surface area contributed by atoms with Crippen molar-refractivity contribution in [1.29, 1.82) is 0 Å². The molecule has 4 rings (SSSR count). The Morgan fingerprint density at radius 1 is 1.33 bits per heavy atom. The van der Waals surface area contributed by atoms with E-state index in [0.29, 0.717) is 30.4 Å². The minimum absolute atomic E-state index is 0.156. The molecule has 6 nitrogen and oxygen atoms in total. The van der Waals surface area contributed by atoms with E-state index in [9.17, 15) is 14.4 Å². The quantitative estimate of drug-likeness (QED) is 0.465. The van der Waals surface area contributed by atoms with Gasteiger partial charge in [0.15, 0.2) is 0 Å². The van der Waals surface area contributed by atoms with Gasteiger partial charge in [0.2, 0.25) is 5.91 Å². The maximum Gasteiger partial charge on any atom is 0.336 e. The highest BCUT2D eigenvalue weighted by Crippen LogP contribution is 2.47. The summed E-state index contributed by atoms with van der Waals surface area (Å²) in [6.07, 6.45) is 3.77. The highest BCUT2D eigenvalue weighted by molar-refractivity contribution is 6.08. The zero-order valence-electron chi connectivity index (χ0n) is 15.3. The Morgan fingerprint density at radius 3 is 2.81 bits per heavy atom. The summed E-state index contributed by atoms with van der Waals surface area (Å²) >= 11 is 0. The molecule has 3 aliphatic rings. The van der Waals surface area contributed by atoms with Gasteiger partial charge in [-0.15, -0.1) is 0 Å². The molecule has 1 aromatic carbocycles. The van der Waals surface area contributed by atoms with Gasteiger partial charge in [0.05, 0.1) is 17.9 Å². The van der Waals surface area contributed by atoms with E-state index in [1.807, 2.05) is 31.2 Å². The summed E-state index contributed by atoms with van der Waals surface area (Å²) in [7, 11) is 0. The van der Waals surface area contributed by atoms with Crippen LogP contribution in [0.4, 0.5) is 0 Å². The Kier molecular flexibility index (Phi) is 4.34. The van der Waals surface area contributed by atoms with E-state index in [-0.39, 0.29) is 23.8 Å². The van der Waals surface area contributed by atoms with Gasteiger partial charge in [-0.1, -0.05) is 31.2 Å². The Bertz CT molecular complexity index is 884. The molecule has 1 saturated heterocycles. The van der Waals surface area contributed by atoms with Crippen LogP contribution in [0, 0.1) is 0 Å². The van der Waals surface area contributed by atoms with E-state index in [4.69, 9.17) is 9.47 Å². The van der Waals surface area contributed by atoms with E-state index in [2.05, 4.69) is 0 Å². The molecular weight excluding hydrogens is 346 g/mol. The van der Waals surface area contributed by atoms with Crippen molar-refractivity contribution in [2.24, 2.45) is 0 Å². The first-order valence-corrected chi connectivity index (χ1v) is 9.20. The molecule has 0 radical (unpaired) electrons. The maximum absolute atomic E-state index is 13.0. The number of hydrogen-bond donors (Lipinski definition) is 0. The van der Waals surface area contributed by atoms with Gasteiger partial charge in [-0.3, -0.25) is 14.5 Å². The summed E-state index contributed by atoms with van der Waals surface area (Å²) in [5.41, 5.74) is 3.10. The van der Waals surface area contributed by atoms with Gasteiger partial charge < -0.3 is 9.47 Å². The van der Waals surface area contributed by atoms with E-state index < -0.39 is 12.3 Å². The smallest absolute Gasteiger partial charge is 0.336 e. The first kappa shape index (κ1) is 17.5. The number of nitrogens with zero attached hydrogens (tertiary/aromatic N) is 1. The van der Waals surface area contributed by atoms with Crippen molar-refractivity contribution in [3.8, 4) is 0 Å². The third kappa shape index (κ3) is 2.85. The number of rotatable bonds is 4. The van der Waals surface area contributed by atoms with Crippen LogP contribution in [0.25, 0.3) is 0 Å². The van der Waals surface area contributed by atoms with Gasteiger partial charge in [0.1, 0.15) is 0 Å². The monoisotopic (exact) mass is 367 g/mol. The molecule has 0 saturated carbocycles. The fraction of sp³-hybridized carbons (Fsp3) is 0.381. The van der Waals surface area contributed by atoms with Crippen LogP contribution < -0.4 is 0 Å². The third-order valence-electron chi connectivity index (χ3n) is 5.33. The number of ether oxygens (including phenoxy) is 2. The van der Waals surface area contributed by atoms with Gasteiger partial charge in [0.25, 0.3) is 12.2 Å². The molecule has 2 heterocycles. The molecular formula is C21H21NO5. The summed E-state index contributed by atoms with van der Waals surface area (Å²) in [5.74, 6) is -1.11. The van der Waals surface area contributed by atoms with Crippen molar-refractivity contribution in [2.75, 3.05) is 0 Å². The Hall–Kier alpha value is -2.89. The predicted molar refractivity (Wildman–Crippen MR) is 96.2 cm³/mol. The molecule has 0 spiro atoms. The zero-order chi connectivity index (χ0) is 19.1. The molecule has 0 N–H and O–H groups in total. The molecule has 3 atom stereocenters. The van der Waals surface area contributed by atoms with Crippen molar-refractivity contribution >= 4 is 17.8 Å². The lowest BCUT2D eigenvalue weighted by Gasteiger charge is -2.21. The number of likely N-dealkylation sites (tertiary alicyclic amines) is 1. The van der Waals surface area contributed by atoms with Crippen molar-refractivity contribution in [3.05, 3.63) is 58.9 Å². The molecule has 2 amide bonds. The van der Waals surface area contributed by atoms with Crippen LogP contribution in [0.3, 0.4) is 0 Å². The van der Waals surface area contributed by atoms with Gasteiger partial charge >= 0.3 is 5.97 Å². The highest BCUT2D eigenvalue weighted by atomic mass is 16.7. The van der Waals surface area contributed by atoms with E-state index in [1.54, 1.807) is 13.0 Å². The van der Waals surface area contributed by atoms with Crippen LogP contribution in [0.2, 0.25) is 0 Å². The normalized spacial score (nSPS) is 27.5. The second kappa shape index (κ2) is 6.68. The summed E-state index contributed by atoms with van der Waals surface area (Å²) < 4.78 is 10.6. The minimum atomic E-state index is -0.840. The van der Waals surface area contributed by atoms with E-state index in [1.165, 1.54) is 11.2 Å². The van der Waals surface area contributed by atoms with Crippen LogP contribution in [-0.2, 0) is 30.3 Å². The lowest BCUT2D eigenvalue weighted by molar-refractivity contribution is -0.152. The van der Waals surface area contributed by atoms with Gasteiger partial charge in [0, 0.05) is 24.0 Å². The molecule has 27 heavy (non-hydrogen) atoms. The number of amides is 2. The molecule has 1 aliphatic carbocycles. The number of carbonyl (C=O) groups excluding carboxylic acids is 3. The SMILES string of the molecule is CCCC(=O)N1C(=O)/C(=C/OC2C=C(C)C(=O)O2)C2c3ccccc3CC21. The number of esters is 1. The topological polar surface area (TPSA) is 72.9 Å². The standard InChI is InChI=1S/C21H21NO5/c1-3-6-17(23)22-16-10-13-7-4-5-8-14(13)19(16)15(20(22)24)11-26-18-9-12(2)21(25)27-18/h4-5,7-9,11,16,18-19H,3,6,10H2,1-2H3/b15-11+. The van der Waals surface area contributed by atoms with Crippen molar-refractivity contribution in [2.45, 2.75) is 51.4 Å². The van der Waals surface area contributed by atoms with Crippen LogP contribution in [0.15, 0.2) is 47.7 Å². The lowest BCUT2D eigenvalue weighted by atomic mass is 9.94. The second-order valence-corrected chi connectivity index (χ2v) is 7.10. The molecule has 2 aliphatic heterocycles. The van der Waals surface area contributed by atoms with E-state index >= 15 is 0 Å². The lowest BCUT2D eigenvalue weighted by Crippen LogP contribution is -2.39. The van der Waals surface area contributed by atoms with Crippen LogP contribution in [0.5, 0.6) is 0 Å². The molecule has 1 fully saturated rings. The summed E-state index contributed by atoms with van der Waals surface area (Å²) in [5, 5.41) is 0. The summed E-state index contributed by atoms with van der Waals surface area (Å²) in [6, 6.07) is 7.71. The molecule has 140 valence electrons. The Labute approximate surface area is 157 Å². The number of carbonyl (C=O) groups is 3. The van der Waals surface area contributed by atoms with Crippen LogP contribution >= 0.6 is 0 Å². The van der Waals surface area contributed by atoms with Crippen LogP contribution in [-0.4, -0.2) is 35.0 Å². The van der Waals surface area contributed by atoms with Crippen molar-refractivity contribution in [1.82, 2.24) is 4.90 Å². The van der Waals surface area contributed by atoms with E-state index in [0.717, 1.165) is 11.1 Å². The number of benzene rings is 1. The maximum atomic E-state index is 13.0. The second-order valence-electron chi connectivity index (χ2n) is 7.10. The van der Waals surface area contributed by atoms with Crippen LogP contribution in [0.1, 0.15) is 43.7 Å². The van der Waals surface area contributed by atoms with Gasteiger partial charge in [-0.05, 0) is 30.9 Å². The molecule has 0 aromatic heterocycles. The van der Waals surface area contributed by atoms with Gasteiger partial charge in [-0.2, -0.15) is 0 Å². The van der Waals surface area contributed by atoms with Crippen molar-refractivity contribution in [3.63, 3.8) is 0 Å². The third-order valence-corrected chi connectivity index (χ3v) is 5.33. The fourth-order valence-corrected chi connectivity index (χ4v) is 4.08. The first-order valence-electron chi connectivity index (χ1n) is 9.20. The summed E-state index contributed by atoms with van der Waals surface area (Å²) in [6.45, 7) is 3.57. The predicted octanol–water partition coefficient (Wildman–Crippen LogP) is 2.59. The molecule has 6 heteroatoms. The molecule has 0 bridgehead atoms. The highest BCUT2D eigenvalue weighted by Gasteiger charge is 2.51. The minimum Gasteiger partial charge on any atom is -0.458 e. The number of hydrogen-bond acceptors (Lipinski definition) is 5. The number of fused-ring (bicyclic) bond motifs is 3. The summed E-state index contributed by atoms with van der Waals surface area (Å²) in [4.78, 5) is 38.5. The average molecular weight is 367 g/mol. The molecule has 1 aromatic rings. The average Bonchev–Trinajstić information content (AvgIpc) is 3.24. The van der Waals surface area contributed by atoms with Crippen molar-refractivity contribution < 1.29 is 23.9 Å². The number of cyclic esters (lactones) is 1. The number of imide groups is 1. The zero-order valence-corrected chi connectivity index (χ0v) is 15.3. The molecule has 3 unspecified atom stereocenters. The Balaban J connectivity index is 1.67. The van der Waals surface area contributed by atoms with Gasteiger partial charge in [-0.25, -0.2) is 4.79 Å². The fourth-order valence-electron chi connectivity index (χ4n) is 4.08.